The topological polar surface area (TPSA) is 48.2 Å². The van der Waals surface area contributed by atoms with Gasteiger partial charge in [-0.1, -0.05) is 6.07 Å². The summed E-state index contributed by atoms with van der Waals surface area (Å²) < 4.78 is 2.06. The highest BCUT2D eigenvalue weighted by Gasteiger charge is 2.20. The number of rotatable bonds is 4. The second-order valence-electron chi connectivity index (χ2n) is 6.35. The van der Waals surface area contributed by atoms with E-state index in [1.54, 1.807) is 0 Å². The fourth-order valence-corrected chi connectivity index (χ4v) is 4.12. The first-order valence-corrected chi connectivity index (χ1v) is 9.88. The van der Waals surface area contributed by atoms with E-state index in [2.05, 4.69) is 53.2 Å². The number of nitrogens with one attached hydrogen (secondary N) is 1. The molecule has 0 saturated carbocycles. The van der Waals surface area contributed by atoms with E-state index in [1.165, 1.54) is 5.00 Å². The Morgan fingerprint density at radius 3 is 2.81 bits per heavy atom. The Bertz CT molecular complexity index is 828. The van der Waals surface area contributed by atoms with Crippen molar-refractivity contribution in [3.05, 3.63) is 53.8 Å². The zero-order chi connectivity index (χ0) is 17.8. The van der Waals surface area contributed by atoms with Gasteiger partial charge >= 0.3 is 0 Å². The van der Waals surface area contributed by atoms with Crippen LogP contribution in [0.25, 0.3) is 5.65 Å². The van der Waals surface area contributed by atoms with Crippen LogP contribution in [0.2, 0.25) is 0 Å². The molecule has 1 fully saturated rings. The molecule has 1 N–H and O–H groups in total. The molecule has 6 nitrogen and oxygen atoms in total. The maximum absolute atomic E-state index is 4.65. The van der Waals surface area contributed by atoms with Gasteiger partial charge in [0.25, 0.3) is 0 Å². The molecule has 1 saturated heterocycles. The number of hydrogen-bond acceptors (Lipinski definition) is 4. The number of imidazole rings is 1. The number of aromatic nitrogens is 2. The number of anilines is 1. The van der Waals surface area contributed by atoms with Crippen LogP contribution in [0.1, 0.15) is 5.69 Å². The summed E-state index contributed by atoms with van der Waals surface area (Å²) in [4.78, 5) is 13.9. The van der Waals surface area contributed by atoms with Crippen molar-refractivity contribution in [1.82, 2.24) is 19.6 Å². The number of pyridine rings is 1. The minimum atomic E-state index is 0.835. The number of guanidine groups is 1. The van der Waals surface area contributed by atoms with E-state index in [0.29, 0.717) is 0 Å². The second-order valence-corrected chi connectivity index (χ2v) is 7.27. The van der Waals surface area contributed by atoms with Gasteiger partial charge in [-0.3, -0.25) is 4.99 Å². The van der Waals surface area contributed by atoms with Crippen molar-refractivity contribution in [1.29, 1.82) is 0 Å². The fraction of sp³-hybridized carbons (Fsp3) is 0.368. The normalized spacial score (nSPS) is 15.7. The molecule has 136 valence electrons. The van der Waals surface area contributed by atoms with Crippen molar-refractivity contribution < 1.29 is 0 Å². The first-order valence-electron chi connectivity index (χ1n) is 9.00. The molecule has 26 heavy (non-hydrogen) atoms. The van der Waals surface area contributed by atoms with E-state index in [9.17, 15) is 0 Å². The van der Waals surface area contributed by atoms with Crippen LogP contribution in [0.3, 0.4) is 0 Å². The van der Waals surface area contributed by atoms with Gasteiger partial charge in [0.05, 0.1) is 10.7 Å². The van der Waals surface area contributed by atoms with E-state index in [4.69, 9.17) is 0 Å². The summed E-state index contributed by atoms with van der Waals surface area (Å²) >= 11 is 1.81. The van der Waals surface area contributed by atoms with E-state index in [-0.39, 0.29) is 0 Å². The highest BCUT2D eigenvalue weighted by Crippen LogP contribution is 2.22. The Morgan fingerprint density at radius 2 is 2.08 bits per heavy atom. The van der Waals surface area contributed by atoms with E-state index in [1.807, 2.05) is 42.8 Å². The van der Waals surface area contributed by atoms with Gasteiger partial charge in [0.15, 0.2) is 5.96 Å². The van der Waals surface area contributed by atoms with Gasteiger partial charge in [-0.15, -0.1) is 11.3 Å². The average Bonchev–Trinajstić information content (AvgIpc) is 3.35. The molecule has 4 heterocycles. The molecule has 3 aromatic heterocycles. The first-order chi connectivity index (χ1) is 12.8. The van der Waals surface area contributed by atoms with Crippen LogP contribution >= 0.6 is 11.3 Å². The smallest absolute Gasteiger partial charge is 0.193 e. The number of thiophene rings is 1. The summed E-state index contributed by atoms with van der Waals surface area (Å²) in [7, 11) is 1.86. The van der Waals surface area contributed by atoms with Crippen LogP contribution in [-0.2, 0) is 6.42 Å². The molecular formula is C19H24N6S. The minimum Gasteiger partial charge on any atom is -0.360 e. The minimum absolute atomic E-state index is 0.835. The lowest BCUT2D eigenvalue weighted by Gasteiger charge is -2.37. The number of hydrogen-bond donors (Lipinski definition) is 1. The maximum atomic E-state index is 4.65. The molecule has 0 unspecified atom stereocenters. The fourth-order valence-electron chi connectivity index (χ4n) is 3.33. The van der Waals surface area contributed by atoms with Crippen molar-refractivity contribution in [2.45, 2.75) is 6.42 Å². The van der Waals surface area contributed by atoms with Gasteiger partial charge in [0.1, 0.15) is 5.65 Å². The summed E-state index contributed by atoms with van der Waals surface area (Å²) in [6, 6.07) is 10.4. The molecular weight excluding hydrogens is 344 g/mol. The van der Waals surface area contributed by atoms with Gasteiger partial charge in [0, 0.05) is 58.6 Å². The summed E-state index contributed by atoms with van der Waals surface area (Å²) in [6.45, 7) is 4.89. The van der Waals surface area contributed by atoms with Crippen molar-refractivity contribution in [2.75, 3.05) is 44.7 Å². The van der Waals surface area contributed by atoms with Crippen LogP contribution < -0.4 is 10.2 Å². The zero-order valence-corrected chi connectivity index (χ0v) is 15.8. The highest BCUT2D eigenvalue weighted by atomic mass is 32.1. The third kappa shape index (κ3) is 3.67. The predicted octanol–water partition coefficient (Wildman–Crippen LogP) is 2.34. The molecule has 1 aliphatic rings. The average molecular weight is 369 g/mol. The first kappa shape index (κ1) is 16.9. The lowest BCUT2D eigenvalue weighted by Crippen LogP contribution is -2.52. The van der Waals surface area contributed by atoms with Crippen molar-refractivity contribution in [3.8, 4) is 0 Å². The SMILES string of the molecule is CN=C(NCCc1cn2ccccc2n1)N1CCN(c2cccs2)CC1. The van der Waals surface area contributed by atoms with Crippen molar-refractivity contribution in [2.24, 2.45) is 4.99 Å². The number of aliphatic imine (C=N–C) groups is 1. The predicted molar refractivity (Wildman–Crippen MR) is 108 cm³/mol. The lowest BCUT2D eigenvalue weighted by atomic mass is 10.3. The third-order valence-electron chi connectivity index (χ3n) is 4.69. The van der Waals surface area contributed by atoms with Crippen LogP contribution in [0.15, 0.2) is 53.1 Å². The Balaban J connectivity index is 1.28. The standard InChI is InChI=1S/C19H24N6S/c1-20-19(24-12-10-23(11-13-24)18-6-4-14-26-18)21-8-7-16-15-25-9-3-2-5-17(25)22-16/h2-6,9,14-15H,7-8,10-13H2,1H3,(H,20,21). The van der Waals surface area contributed by atoms with E-state index >= 15 is 0 Å². The number of piperazine rings is 1. The molecule has 0 atom stereocenters. The van der Waals surface area contributed by atoms with E-state index < -0.39 is 0 Å². The molecule has 0 radical (unpaired) electrons. The van der Waals surface area contributed by atoms with Gasteiger partial charge in [0.2, 0.25) is 0 Å². The van der Waals surface area contributed by atoms with Crippen molar-refractivity contribution in [3.63, 3.8) is 0 Å². The zero-order valence-electron chi connectivity index (χ0n) is 15.0. The Hall–Kier alpha value is -2.54. The van der Waals surface area contributed by atoms with Gasteiger partial charge in [-0.05, 0) is 29.6 Å². The quantitative estimate of drug-likeness (QED) is 0.567. The summed E-state index contributed by atoms with van der Waals surface area (Å²) in [5, 5.41) is 6.99. The van der Waals surface area contributed by atoms with E-state index in [0.717, 1.165) is 56.4 Å². The van der Waals surface area contributed by atoms with Crippen LogP contribution in [-0.4, -0.2) is 60.0 Å². The van der Waals surface area contributed by atoms with Gasteiger partial charge in [-0.25, -0.2) is 4.98 Å². The Kier molecular flexibility index (Phi) is 5.06. The second kappa shape index (κ2) is 7.78. The monoisotopic (exact) mass is 368 g/mol. The Labute approximate surface area is 157 Å². The molecule has 3 aromatic rings. The van der Waals surface area contributed by atoms with Crippen LogP contribution in [0.4, 0.5) is 5.00 Å². The summed E-state index contributed by atoms with van der Waals surface area (Å²) in [6.07, 6.45) is 5.01. The summed E-state index contributed by atoms with van der Waals surface area (Å²) in [5.41, 5.74) is 2.10. The molecule has 0 amide bonds. The summed E-state index contributed by atoms with van der Waals surface area (Å²) in [5.74, 6) is 0.986. The number of nitrogens with zero attached hydrogens (tertiary/aromatic N) is 5. The molecule has 7 heteroatoms. The van der Waals surface area contributed by atoms with Gasteiger partial charge < -0.3 is 19.5 Å². The molecule has 0 aromatic carbocycles. The molecule has 0 aliphatic carbocycles. The highest BCUT2D eigenvalue weighted by molar-refractivity contribution is 7.14. The third-order valence-corrected chi connectivity index (χ3v) is 5.62. The van der Waals surface area contributed by atoms with Crippen LogP contribution in [0, 0.1) is 0 Å². The molecule has 4 rings (SSSR count). The van der Waals surface area contributed by atoms with Crippen molar-refractivity contribution >= 4 is 27.9 Å². The maximum Gasteiger partial charge on any atom is 0.193 e. The largest absolute Gasteiger partial charge is 0.360 e. The molecule has 0 bridgehead atoms. The molecule has 1 aliphatic heterocycles. The van der Waals surface area contributed by atoms with Gasteiger partial charge in [-0.2, -0.15) is 0 Å². The molecule has 0 spiro atoms. The lowest BCUT2D eigenvalue weighted by molar-refractivity contribution is 0.373. The Morgan fingerprint density at radius 1 is 1.19 bits per heavy atom. The van der Waals surface area contributed by atoms with Crippen LogP contribution in [0.5, 0.6) is 0 Å². The number of fused-ring (bicyclic) bond motifs is 1.